The van der Waals surface area contributed by atoms with Crippen LogP contribution in [-0.2, 0) is 12.6 Å². The first-order valence-electron chi connectivity index (χ1n) is 6.67. The normalized spacial score (nSPS) is 11.0. The van der Waals surface area contributed by atoms with Crippen LogP contribution in [0.1, 0.15) is 22.4 Å². The van der Waals surface area contributed by atoms with Crippen LogP contribution < -0.4 is 5.32 Å². The molecule has 0 amide bonds. The second-order valence-corrected chi connectivity index (χ2v) is 4.85. The lowest BCUT2D eigenvalue weighted by Gasteiger charge is -2.15. The van der Waals surface area contributed by atoms with Crippen molar-refractivity contribution in [1.29, 1.82) is 5.26 Å². The number of nitrogens with one attached hydrogen (secondary N) is 1. The topological polar surface area (TPSA) is 48.7 Å². The lowest BCUT2D eigenvalue weighted by Crippen LogP contribution is -2.13. The van der Waals surface area contributed by atoms with E-state index in [9.17, 15) is 13.2 Å². The Morgan fingerprint density at radius 2 is 2.00 bits per heavy atom. The van der Waals surface area contributed by atoms with E-state index in [4.69, 9.17) is 5.26 Å². The predicted molar refractivity (Wildman–Crippen MR) is 77.3 cm³/mol. The zero-order valence-corrected chi connectivity index (χ0v) is 11.9. The molecule has 0 aliphatic carbocycles. The van der Waals surface area contributed by atoms with Crippen molar-refractivity contribution in [3.8, 4) is 6.07 Å². The molecule has 22 heavy (non-hydrogen) atoms. The largest absolute Gasteiger partial charge is 0.418 e. The number of anilines is 1. The first-order chi connectivity index (χ1) is 10.4. The minimum Gasteiger partial charge on any atom is -0.384 e. The molecule has 0 saturated carbocycles. The summed E-state index contributed by atoms with van der Waals surface area (Å²) < 4.78 is 39.0. The number of aryl methyl sites for hydroxylation is 1. The van der Waals surface area contributed by atoms with Crippen LogP contribution in [0.25, 0.3) is 0 Å². The number of benzene rings is 1. The SMILES string of the molecule is Cc1ccc(CCNc2ccc(C#N)cc2C(F)(F)F)cn1. The van der Waals surface area contributed by atoms with Crippen molar-refractivity contribution >= 4 is 5.69 Å². The average molecular weight is 305 g/mol. The van der Waals surface area contributed by atoms with E-state index in [2.05, 4.69) is 10.3 Å². The van der Waals surface area contributed by atoms with Crippen molar-refractivity contribution in [1.82, 2.24) is 4.98 Å². The highest BCUT2D eigenvalue weighted by Crippen LogP contribution is 2.35. The minimum atomic E-state index is -4.50. The molecule has 0 aliphatic heterocycles. The van der Waals surface area contributed by atoms with Gasteiger partial charge in [0.1, 0.15) is 0 Å². The van der Waals surface area contributed by atoms with Gasteiger partial charge in [-0.25, -0.2) is 0 Å². The number of rotatable bonds is 4. The first kappa shape index (κ1) is 15.8. The number of nitriles is 1. The number of halogens is 3. The summed E-state index contributed by atoms with van der Waals surface area (Å²) in [5.41, 5.74) is 0.976. The molecule has 0 atom stereocenters. The van der Waals surface area contributed by atoms with Crippen molar-refractivity contribution in [2.24, 2.45) is 0 Å². The maximum Gasteiger partial charge on any atom is 0.418 e. The second kappa shape index (κ2) is 6.48. The van der Waals surface area contributed by atoms with Gasteiger partial charge in [-0.3, -0.25) is 4.98 Å². The van der Waals surface area contributed by atoms with E-state index in [1.165, 1.54) is 12.1 Å². The van der Waals surface area contributed by atoms with E-state index < -0.39 is 11.7 Å². The van der Waals surface area contributed by atoms with Crippen molar-refractivity contribution in [2.45, 2.75) is 19.5 Å². The zero-order valence-electron chi connectivity index (χ0n) is 11.9. The van der Waals surface area contributed by atoms with E-state index >= 15 is 0 Å². The van der Waals surface area contributed by atoms with Crippen molar-refractivity contribution in [3.05, 3.63) is 58.9 Å². The molecule has 1 aromatic carbocycles. The van der Waals surface area contributed by atoms with Crippen LogP contribution in [0.15, 0.2) is 36.5 Å². The van der Waals surface area contributed by atoms with Crippen LogP contribution in [0, 0.1) is 18.3 Å². The van der Waals surface area contributed by atoms with Gasteiger partial charge in [0, 0.05) is 24.1 Å². The van der Waals surface area contributed by atoms with E-state index in [0.29, 0.717) is 13.0 Å². The van der Waals surface area contributed by atoms with E-state index in [0.717, 1.165) is 17.3 Å². The fraction of sp³-hybridized carbons (Fsp3) is 0.250. The van der Waals surface area contributed by atoms with Crippen molar-refractivity contribution in [2.75, 3.05) is 11.9 Å². The standard InChI is InChI=1S/C16H14F3N3/c1-11-2-3-12(10-22-11)6-7-21-15-5-4-13(9-20)8-14(15)16(17,18)19/h2-5,8,10,21H,6-7H2,1H3. The summed E-state index contributed by atoms with van der Waals surface area (Å²) in [5.74, 6) is 0. The number of nitrogens with zero attached hydrogens (tertiary/aromatic N) is 2. The van der Waals surface area contributed by atoms with Gasteiger partial charge in [-0.15, -0.1) is 0 Å². The van der Waals surface area contributed by atoms with E-state index in [1.807, 2.05) is 19.1 Å². The molecule has 0 bridgehead atoms. The Morgan fingerprint density at radius 3 is 2.59 bits per heavy atom. The Hall–Kier alpha value is -2.55. The third kappa shape index (κ3) is 3.98. The number of alkyl halides is 3. The van der Waals surface area contributed by atoms with Gasteiger partial charge in [-0.1, -0.05) is 6.07 Å². The molecule has 6 heteroatoms. The lowest BCUT2D eigenvalue weighted by molar-refractivity contribution is -0.137. The summed E-state index contributed by atoms with van der Waals surface area (Å²) in [7, 11) is 0. The van der Waals surface area contributed by atoms with Crippen molar-refractivity contribution in [3.63, 3.8) is 0 Å². The number of hydrogen-bond donors (Lipinski definition) is 1. The molecule has 2 rings (SSSR count). The summed E-state index contributed by atoms with van der Waals surface area (Å²) in [6, 6.07) is 8.98. The van der Waals surface area contributed by atoms with Gasteiger partial charge in [-0.05, 0) is 43.2 Å². The molecule has 2 aromatic rings. The number of hydrogen-bond acceptors (Lipinski definition) is 3. The molecule has 0 saturated heterocycles. The van der Waals surface area contributed by atoms with Crippen LogP contribution in [0.5, 0.6) is 0 Å². The molecule has 0 unspecified atom stereocenters. The quantitative estimate of drug-likeness (QED) is 0.931. The highest BCUT2D eigenvalue weighted by molar-refractivity contribution is 5.56. The maximum absolute atomic E-state index is 13.0. The van der Waals surface area contributed by atoms with E-state index in [-0.39, 0.29) is 11.3 Å². The number of aromatic nitrogens is 1. The monoisotopic (exact) mass is 305 g/mol. The molecule has 0 radical (unpaired) electrons. The van der Waals surface area contributed by atoms with E-state index in [1.54, 1.807) is 12.3 Å². The van der Waals surface area contributed by atoms with Gasteiger partial charge < -0.3 is 5.32 Å². The Balaban J connectivity index is 2.09. The molecular weight excluding hydrogens is 291 g/mol. The molecular formula is C16H14F3N3. The molecule has 114 valence electrons. The van der Waals surface area contributed by atoms with Crippen LogP contribution in [0.2, 0.25) is 0 Å². The maximum atomic E-state index is 13.0. The number of pyridine rings is 1. The van der Waals surface area contributed by atoms with Gasteiger partial charge >= 0.3 is 6.18 Å². The van der Waals surface area contributed by atoms with Gasteiger partial charge in [0.25, 0.3) is 0 Å². The predicted octanol–water partition coefficient (Wildman–Crippen LogP) is 3.94. The third-order valence-corrected chi connectivity index (χ3v) is 3.16. The summed E-state index contributed by atoms with van der Waals surface area (Å²) in [5, 5.41) is 11.5. The molecule has 1 heterocycles. The van der Waals surface area contributed by atoms with Gasteiger partial charge in [-0.2, -0.15) is 18.4 Å². The summed E-state index contributed by atoms with van der Waals surface area (Å²) >= 11 is 0. The van der Waals surface area contributed by atoms with Crippen LogP contribution in [-0.4, -0.2) is 11.5 Å². The average Bonchev–Trinajstić information content (AvgIpc) is 2.48. The first-order valence-corrected chi connectivity index (χ1v) is 6.67. The lowest BCUT2D eigenvalue weighted by atomic mass is 10.1. The summed E-state index contributed by atoms with van der Waals surface area (Å²) in [4.78, 5) is 4.14. The van der Waals surface area contributed by atoms with Gasteiger partial charge in [0.2, 0.25) is 0 Å². The van der Waals surface area contributed by atoms with Crippen LogP contribution in [0.4, 0.5) is 18.9 Å². The van der Waals surface area contributed by atoms with Gasteiger partial charge in [0.05, 0.1) is 17.2 Å². The Bertz CT molecular complexity index is 685. The Kier molecular flexibility index (Phi) is 4.66. The molecule has 0 spiro atoms. The molecule has 3 nitrogen and oxygen atoms in total. The van der Waals surface area contributed by atoms with Gasteiger partial charge in [0.15, 0.2) is 0 Å². The Morgan fingerprint density at radius 1 is 1.23 bits per heavy atom. The fourth-order valence-electron chi connectivity index (χ4n) is 1.99. The summed E-state index contributed by atoms with van der Waals surface area (Å²) in [6.07, 6.45) is -2.23. The highest BCUT2D eigenvalue weighted by atomic mass is 19.4. The molecule has 1 aromatic heterocycles. The molecule has 0 fully saturated rings. The zero-order chi connectivity index (χ0) is 16.2. The van der Waals surface area contributed by atoms with Crippen LogP contribution >= 0.6 is 0 Å². The molecule has 1 N–H and O–H groups in total. The van der Waals surface area contributed by atoms with Crippen LogP contribution in [0.3, 0.4) is 0 Å². The van der Waals surface area contributed by atoms with Crippen molar-refractivity contribution < 1.29 is 13.2 Å². The molecule has 0 aliphatic rings. The smallest absolute Gasteiger partial charge is 0.384 e. The summed E-state index contributed by atoms with van der Waals surface area (Å²) in [6.45, 7) is 2.22. The third-order valence-electron chi connectivity index (χ3n) is 3.16. The fourth-order valence-corrected chi connectivity index (χ4v) is 1.99. The highest BCUT2D eigenvalue weighted by Gasteiger charge is 2.33. The minimum absolute atomic E-state index is 0.0133. The Labute approximate surface area is 126 Å². The second-order valence-electron chi connectivity index (χ2n) is 4.85.